The first kappa shape index (κ1) is 15.2. The van der Waals surface area contributed by atoms with Crippen molar-refractivity contribution < 1.29 is 27.2 Å². The summed E-state index contributed by atoms with van der Waals surface area (Å²) in [5, 5.41) is 3.57. The van der Waals surface area contributed by atoms with Crippen LogP contribution in [0, 0.1) is 5.92 Å². The molecule has 8 heteroatoms. The van der Waals surface area contributed by atoms with Gasteiger partial charge in [-0.2, -0.15) is 13.2 Å². The molecule has 0 aromatic carbocycles. The van der Waals surface area contributed by atoms with Crippen LogP contribution in [0.25, 0.3) is 0 Å². The lowest BCUT2D eigenvalue weighted by Crippen LogP contribution is -2.37. The maximum Gasteiger partial charge on any atom is 0.452 e. The number of fused-ring (bicyclic) bond motifs is 1. The van der Waals surface area contributed by atoms with Crippen LogP contribution in [0.3, 0.4) is 0 Å². The number of carbonyl (C=O) groups is 1. The van der Waals surface area contributed by atoms with Crippen molar-refractivity contribution in [1.82, 2.24) is 10.1 Å². The Balaban J connectivity index is 1.72. The van der Waals surface area contributed by atoms with Crippen LogP contribution in [-0.2, 0) is 16.3 Å². The van der Waals surface area contributed by atoms with Crippen molar-refractivity contribution in [3.8, 4) is 0 Å². The Hall–Kier alpha value is -1.73. The third kappa shape index (κ3) is 2.55. The van der Waals surface area contributed by atoms with Crippen molar-refractivity contribution in [2.45, 2.75) is 44.4 Å². The van der Waals surface area contributed by atoms with Gasteiger partial charge in [0.2, 0.25) is 5.76 Å². The van der Waals surface area contributed by atoms with E-state index in [0.717, 1.165) is 12.5 Å². The number of ether oxygens (including phenoxy) is 1. The molecule has 1 aliphatic heterocycles. The summed E-state index contributed by atoms with van der Waals surface area (Å²) >= 11 is 0. The van der Waals surface area contributed by atoms with Crippen LogP contribution < -0.4 is 0 Å². The molecule has 2 fully saturated rings. The number of aromatic nitrogens is 1. The maximum absolute atomic E-state index is 12.6. The van der Waals surface area contributed by atoms with Gasteiger partial charge in [0.05, 0.1) is 5.69 Å². The van der Waals surface area contributed by atoms with E-state index in [9.17, 15) is 18.0 Å². The van der Waals surface area contributed by atoms with Crippen LogP contribution in [0.15, 0.2) is 10.6 Å². The molecule has 0 radical (unpaired) electrons. The Morgan fingerprint density at radius 3 is 2.68 bits per heavy atom. The summed E-state index contributed by atoms with van der Waals surface area (Å²) in [6, 6.07) is 0.943. The van der Waals surface area contributed by atoms with E-state index >= 15 is 0 Å². The topological polar surface area (TPSA) is 55.6 Å². The Labute approximate surface area is 125 Å². The fourth-order valence-electron chi connectivity index (χ4n) is 2.99. The minimum atomic E-state index is -4.55. The van der Waals surface area contributed by atoms with Crippen molar-refractivity contribution in [3.63, 3.8) is 0 Å². The molecule has 22 heavy (non-hydrogen) atoms. The van der Waals surface area contributed by atoms with E-state index in [1.165, 1.54) is 4.90 Å². The van der Waals surface area contributed by atoms with E-state index in [1.807, 2.05) is 0 Å². The molecule has 2 atom stereocenters. The van der Waals surface area contributed by atoms with E-state index in [4.69, 9.17) is 4.74 Å². The van der Waals surface area contributed by atoms with Gasteiger partial charge in [-0.15, -0.1) is 0 Å². The van der Waals surface area contributed by atoms with Crippen molar-refractivity contribution in [1.29, 1.82) is 0 Å². The molecule has 0 N–H and O–H groups in total. The standard InChI is InChI=1S/C14H17F3N2O3/c1-12(2,3)21-11(20)19-6-8-5-13(8,7-19)9-4-10(22-18-9)14(15,16)17/h4,8H,5-7H2,1-3H3. The average molecular weight is 318 g/mol. The van der Waals surface area contributed by atoms with Crippen molar-refractivity contribution in [2.75, 3.05) is 13.1 Å². The van der Waals surface area contributed by atoms with Gasteiger partial charge < -0.3 is 14.2 Å². The number of carbonyl (C=O) groups excluding carboxylic acids is 1. The predicted molar refractivity (Wildman–Crippen MR) is 69.1 cm³/mol. The lowest BCUT2D eigenvalue weighted by atomic mass is 10.0. The van der Waals surface area contributed by atoms with Crippen molar-refractivity contribution in [2.24, 2.45) is 5.92 Å². The monoisotopic (exact) mass is 318 g/mol. The summed E-state index contributed by atoms with van der Waals surface area (Å²) < 4.78 is 47.5. The molecule has 1 aliphatic carbocycles. The molecule has 1 amide bonds. The van der Waals surface area contributed by atoms with Crippen molar-refractivity contribution >= 4 is 6.09 Å². The second kappa shape index (κ2) is 4.39. The number of hydrogen-bond donors (Lipinski definition) is 0. The Morgan fingerprint density at radius 1 is 1.45 bits per heavy atom. The molecular weight excluding hydrogens is 301 g/mol. The number of likely N-dealkylation sites (tertiary alicyclic amines) is 1. The average Bonchev–Trinajstić information content (AvgIpc) is 2.79. The second-order valence-corrected chi connectivity index (χ2v) is 6.99. The highest BCUT2D eigenvalue weighted by Gasteiger charge is 2.64. The van der Waals surface area contributed by atoms with E-state index in [2.05, 4.69) is 9.68 Å². The minimum Gasteiger partial charge on any atom is -0.444 e. The van der Waals surface area contributed by atoms with Gasteiger partial charge in [-0.05, 0) is 33.1 Å². The first-order valence-electron chi connectivity index (χ1n) is 7.04. The first-order valence-corrected chi connectivity index (χ1v) is 7.04. The number of piperidine rings is 1. The van der Waals surface area contributed by atoms with Gasteiger partial charge in [0.1, 0.15) is 5.60 Å². The quantitative estimate of drug-likeness (QED) is 0.798. The Morgan fingerprint density at radius 2 is 2.14 bits per heavy atom. The molecule has 2 aliphatic rings. The number of rotatable bonds is 1. The molecule has 2 heterocycles. The smallest absolute Gasteiger partial charge is 0.444 e. The van der Waals surface area contributed by atoms with Gasteiger partial charge in [0.25, 0.3) is 0 Å². The highest BCUT2D eigenvalue weighted by atomic mass is 19.4. The van der Waals surface area contributed by atoms with Crippen LogP contribution in [0.4, 0.5) is 18.0 Å². The molecule has 122 valence electrons. The van der Waals surface area contributed by atoms with Crippen LogP contribution in [0.5, 0.6) is 0 Å². The molecule has 0 bridgehead atoms. The number of alkyl halides is 3. The highest BCUT2D eigenvalue weighted by Crippen LogP contribution is 2.59. The van der Waals surface area contributed by atoms with Crippen LogP contribution in [-0.4, -0.2) is 34.8 Å². The third-order valence-corrected chi connectivity index (χ3v) is 4.10. The summed E-state index contributed by atoms with van der Waals surface area (Å²) in [5.74, 6) is -0.982. The summed E-state index contributed by atoms with van der Waals surface area (Å²) in [6.45, 7) is 6.10. The van der Waals surface area contributed by atoms with Crippen molar-refractivity contribution in [3.05, 3.63) is 17.5 Å². The molecule has 1 aromatic heterocycles. The van der Waals surface area contributed by atoms with Crippen LogP contribution >= 0.6 is 0 Å². The van der Waals surface area contributed by atoms with Crippen LogP contribution in [0.1, 0.15) is 38.6 Å². The largest absolute Gasteiger partial charge is 0.452 e. The molecule has 1 aromatic rings. The fraction of sp³-hybridized carbons (Fsp3) is 0.714. The van der Waals surface area contributed by atoms with E-state index < -0.39 is 29.0 Å². The van der Waals surface area contributed by atoms with Gasteiger partial charge in [0.15, 0.2) is 0 Å². The van der Waals surface area contributed by atoms with Gasteiger partial charge in [-0.3, -0.25) is 0 Å². The van der Waals surface area contributed by atoms with Crippen LogP contribution in [0.2, 0.25) is 0 Å². The van der Waals surface area contributed by atoms with E-state index in [1.54, 1.807) is 20.8 Å². The zero-order valence-corrected chi connectivity index (χ0v) is 12.5. The molecule has 1 saturated carbocycles. The fourth-order valence-corrected chi connectivity index (χ4v) is 2.99. The Bertz CT molecular complexity index is 605. The minimum absolute atomic E-state index is 0.117. The molecule has 2 unspecified atom stereocenters. The zero-order valence-electron chi connectivity index (χ0n) is 12.5. The van der Waals surface area contributed by atoms with Gasteiger partial charge in [0, 0.05) is 24.6 Å². The lowest BCUT2D eigenvalue weighted by molar-refractivity contribution is -0.155. The predicted octanol–water partition coefficient (Wildman–Crippen LogP) is 3.20. The SMILES string of the molecule is CC(C)(C)OC(=O)N1CC2CC2(c2cc(C(F)(F)F)on2)C1. The number of amides is 1. The Kier molecular flexibility index (Phi) is 3.03. The summed E-state index contributed by atoms with van der Waals surface area (Å²) in [5.41, 5.74) is -0.839. The van der Waals surface area contributed by atoms with E-state index in [0.29, 0.717) is 13.1 Å². The molecule has 5 nitrogen and oxygen atoms in total. The third-order valence-electron chi connectivity index (χ3n) is 4.10. The summed E-state index contributed by atoms with van der Waals surface area (Å²) in [6.07, 6.45) is -4.27. The number of hydrogen-bond acceptors (Lipinski definition) is 4. The zero-order chi connectivity index (χ0) is 16.3. The van der Waals surface area contributed by atoms with Gasteiger partial charge in [-0.1, -0.05) is 5.16 Å². The van der Waals surface area contributed by atoms with E-state index in [-0.39, 0.29) is 11.6 Å². The molecule has 1 saturated heterocycles. The number of halogens is 3. The first-order chi connectivity index (χ1) is 10.0. The number of nitrogens with zero attached hydrogens (tertiary/aromatic N) is 2. The normalized spacial score (nSPS) is 27.7. The second-order valence-electron chi connectivity index (χ2n) is 6.99. The molecular formula is C14H17F3N2O3. The van der Waals surface area contributed by atoms with Gasteiger partial charge >= 0.3 is 12.3 Å². The summed E-state index contributed by atoms with van der Waals surface area (Å²) in [7, 11) is 0. The lowest BCUT2D eigenvalue weighted by Gasteiger charge is -2.26. The molecule has 0 spiro atoms. The maximum atomic E-state index is 12.6. The summed E-state index contributed by atoms with van der Waals surface area (Å²) in [4.78, 5) is 13.6. The highest BCUT2D eigenvalue weighted by molar-refractivity contribution is 5.69. The van der Waals surface area contributed by atoms with Gasteiger partial charge in [-0.25, -0.2) is 4.79 Å². The molecule has 3 rings (SSSR count).